The van der Waals surface area contributed by atoms with Crippen molar-refractivity contribution in [2.45, 2.75) is 6.42 Å². The van der Waals surface area contributed by atoms with Crippen molar-refractivity contribution in [1.29, 1.82) is 0 Å². The monoisotopic (exact) mass is 250 g/mol. The zero-order valence-electron chi connectivity index (χ0n) is 11.6. The summed E-state index contributed by atoms with van der Waals surface area (Å²) in [5.41, 5.74) is 1.03. The predicted octanol–water partition coefficient (Wildman–Crippen LogP) is 2.07. The second kappa shape index (κ2) is 7.71. The van der Waals surface area contributed by atoms with Crippen molar-refractivity contribution in [3.8, 4) is 11.5 Å². The van der Waals surface area contributed by atoms with Crippen LogP contribution >= 0.6 is 0 Å². The highest BCUT2D eigenvalue weighted by atomic mass is 16.5. The van der Waals surface area contributed by atoms with Crippen LogP contribution in [0.4, 0.5) is 0 Å². The topological polar surface area (TPSA) is 34.1 Å². The molecular weight excluding hydrogens is 228 g/mol. The third-order valence-electron chi connectivity index (χ3n) is 2.54. The number of ether oxygens (including phenoxy) is 2. The number of aliphatic imine (C=N–C) groups is 1. The van der Waals surface area contributed by atoms with Crippen LogP contribution in [0.2, 0.25) is 0 Å². The van der Waals surface area contributed by atoms with E-state index in [0.29, 0.717) is 0 Å². The normalized spacial score (nSPS) is 11.2. The fourth-order valence-electron chi connectivity index (χ4n) is 1.58. The molecule has 0 saturated heterocycles. The van der Waals surface area contributed by atoms with Crippen molar-refractivity contribution in [2.24, 2.45) is 4.99 Å². The molecule has 0 atom stereocenters. The van der Waals surface area contributed by atoms with E-state index in [4.69, 9.17) is 9.47 Å². The van der Waals surface area contributed by atoms with Crippen LogP contribution in [-0.2, 0) is 0 Å². The van der Waals surface area contributed by atoms with E-state index in [2.05, 4.69) is 24.0 Å². The average molecular weight is 250 g/mol. The molecule has 0 unspecified atom stereocenters. The maximum Gasteiger partial charge on any atom is 0.161 e. The van der Waals surface area contributed by atoms with Crippen LogP contribution in [0.15, 0.2) is 23.2 Å². The lowest BCUT2D eigenvalue weighted by molar-refractivity contribution is 0.355. The Kier molecular flexibility index (Phi) is 6.22. The Hall–Kier alpha value is -1.55. The molecular formula is C14H22N2O2. The number of nitrogens with zero attached hydrogens (tertiary/aromatic N) is 2. The van der Waals surface area contributed by atoms with Crippen LogP contribution in [0.5, 0.6) is 11.5 Å². The van der Waals surface area contributed by atoms with Gasteiger partial charge in [-0.3, -0.25) is 4.99 Å². The minimum absolute atomic E-state index is 0.731. The van der Waals surface area contributed by atoms with Crippen molar-refractivity contribution in [2.75, 3.05) is 41.4 Å². The van der Waals surface area contributed by atoms with E-state index in [1.807, 2.05) is 24.4 Å². The molecule has 4 heteroatoms. The largest absolute Gasteiger partial charge is 0.493 e. The molecule has 0 aliphatic heterocycles. The summed E-state index contributed by atoms with van der Waals surface area (Å²) in [7, 11) is 7.40. The molecule has 0 radical (unpaired) electrons. The molecule has 1 rings (SSSR count). The molecule has 0 fully saturated rings. The summed E-state index contributed by atoms with van der Waals surface area (Å²) in [6, 6.07) is 5.78. The van der Waals surface area contributed by atoms with Crippen LogP contribution in [0.1, 0.15) is 12.0 Å². The third-order valence-corrected chi connectivity index (χ3v) is 2.54. The first kappa shape index (κ1) is 14.5. The highest BCUT2D eigenvalue weighted by Crippen LogP contribution is 2.26. The molecule has 0 saturated carbocycles. The van der Waals surface area contributed by atoms with Gasteiger partial charge in [-0.25, -0.2) is 0 Å². The van der Waals surface area contributed by atoms with Gasteiger partial charge < -0.3 is 14.4 Å². The fraction of sp³-hybridized carbons (Fsp3) is 0.500. The summed E-state index contributed by atoms with van der Waals surface area (Å²) in [6.07, 6.45) is 2.94. The molecule has 0 aromatic heterocycles. The zero-order valence-corrected chi connectivity index (χ0v) is 11.6. The van der Waals surface area contributed by atoms with Gasteiger partial charge in [0.25, 0.3) is 0 Å². The Labute approximate surface area is 109 Å². The van der Waals surface area contributed by atoms with Gasteiger partial charge >= 0.3 is 0 Å². The first-order valence-electron chi connectivity index (χ1n) is 6.04. The number of hydrogen-bond donors (Lipinski definition) is 0. The minimum atomic E-state index is 0.731. The van der Waals surface area contributed by atoms with Crippen LogP contribution in [0.25, 0.3) is 0 Å². The minimum Gasteiger partial charge on any atom is -0.493 e. The molecule has 4 nitrogen and oxygen atoms in total. The predicted molar refractivity (Wildman–Crippen MR) is 75.2 cm³/mol. The van der Waals surface area contributed by atoms with E-state index in [9.17, 15) is 0 Å². The number of rotatable bonds is 7. The smallest absolute Gasteiger partial charge is 0.161 e. The highest BCUT2D eigenvalue weighted by Gasteiger charge is 2.02. The first-order chi connectivity index (χ1) is 8.67. The van der Waals surface area contributed by atoms with Crippen LogP contribution in [0.3, 0.4) is 0 Å². The van der Waals surface area contributed by atoms with E-state index < -0.39 is 0 Å². The standard InChI is InChI=1S/C14H22N2O2/c1-16(2)9-5-8-15-11-12-6-7-13(17-3)14(10-12)18-4/h6-7,10-11H,5,8-9H2,1-4H3. The van der Waals surface area contributed by atoms with Gasteiger partial charge in [-0.05, 0) is 50.8 Å². The van der Waals surface area contributed by atoms with Gasteiger partial charge in [0.05, 0.1) is 14.2 Å². The van der Waals surface area contributed by atoms with Gasteiger partial charge in [0.1, 0.15) is 0 Å². The molecule has 100 valence electrons. The van der Waals surface area contributed by atoms with E-state index in [1.165, 1.54) is 0 Å². The molecule has 18 heavy (non-hydrogen) atoms. The van der Waals surface area contributed by atoms with E-state index in [1.54, 1.807) is 14.2 Å². The molecule has 0 amide bonds. The van der Waals surface area contributed by atoms with Crippen molar-refractivity contribution >= 4 is 6.21 Å². The van der Waals surface area contributed by atoms with Crippen LogP contribution in [-0.4, -0.2) is 52.5 Å². The summed E-state index contributed by atoms with van der Waals surface area (Å²) in [6.45, 7) is 1.90. The molecule has 0 spiro atoms. The van der Waals surface area contributed by atoms with Gasteiger partial charge in [-0.15, -0.1) is 0 Å². The SMILES string of the molecule is COc1ccc(C=NCCCN(C)C)cc1OC. The second-order valence-electron chi connectivity index (χ2n) is 4.31. The maximum absolute atomic E-state index is 5.24. The van der Waals surface area contributed by atoms with Crippen LogP contribution < -0.4 is 9.47 Å². The second-order valence-corrected chi connectivity index (χ2v) is 4.31. The quantitative estimate of drug-likeness (QED) is 0.549. The third kappa shape index (κ3) is 4.75. The average Bonchev–Trinajstić information content (AvgIpc) is 2.37. The van der Waals surface area contributed by atoms with Crippen molar-refractivity contribution in [3.63, 3.8) is 0 Å². The zero-order chi connectivity index (χ0) is 13.4. The van der Waals surface area contributed by atoms with Crippen molar-refractivity contribution in [1.82, 2.24) is 4.90 Å². The lowest BCUT2D eigenvalue weighted by Gasteiger charge is -2.08. The molecule has 0 aliphatic rings. The molecule has 0 heterocycles. The van der Waals surface area contributed by atoms with Crippen molar-refractivity contribution < 1.29 is 9.47 Å². The summed E-state index contributed by atoms with van der Waals surface area (Å²) < 4.78 is 10.4. The molecule has 0 bridgehead atoms. The van der Waals surface area contributed by atoms with Gasteiger partial charge in [-0.1, -0.05) is 0 Å². The van der Waals surface area contributed by atoms with Gasteiger partial charge in [-0.2, -0.15) is 0 Å². The fourth-order valence-corrected chi connectivity index (χ4v) is 1.58. The Morgan fingerprint density at radius 2 is 1.89 bits per heavy atom. The van der Waals surface area contributed by atoms with Crippen LogP contribution in [0, 0.1) is 0 Å². The maximum atomic E-state index is 5.24. The summed E-state index contributed by atoms with van der Waals surface area (Å²) in [4.78, 5) is 6.56. The number of hydrogen-bond acceptors (Lipinski definition) is 4. The van der Waals surface area contributed by atoms with Crippen molar-refractivity contribution in [3.05, 3.63) is 23.8 Å². The Bertz CT molecular complexity index is 389. The molecule has 1 aromatic rings. The summed E-state index contributed by atoms with van der Waals surface area (Å²) >= 11 is 0. The van der Waals surface area contributed by atoms with E-state index in [-0.39, 0.29) is 0 Å². The van der Waals surface area contributed by atoms with Gasteiger partial charge in [0.2, 0.25) is 0 Å². The molecule has 1 aromatic carbocycles. The van der Waals surface area contributed by atoms with Gasteiger partial charge in [0, 0.05) is 12.8 Å². The van der Waals surface area contributed by atoms with Gasteiger partial charge in [0.15, 0.2) is 11.5 Å². The first-order valence-corrected chi connectivity index (χ1v) is 6.04. The van der Waals surface area contributed by atoms with E-state index in [0.717, 1.165) is 36.6 Å². The lowest BCUT2D eigenvalue weighted by Crippen LogP contribution is -2.13. The Morgan fingerprint density at radius 3 is 2.50 bits per heavy atom. The van der Waals surface area contributed by atoms with E-state index >= 15 is 0 Å². The lowest BCUT2D eigenvalue weighted by atomic mass is 10.2. The summed E-state index contributed by atoms with van der Waals surface area (Å²) in [5.74, 6) is 1.47. The molecule has 0 aliphatic carbocycles. The highest BCUT2D eigenvalue weighted by molar-refractivity contribution is 5.80. The number of benzene rings is 1. The molecule has 0 N–H and O–H groups in total. The number of methoxy groups -OCH3 is 2. The Balaban J connectivity index is 2.54. The summed E-state index contributed by atoms with van der Waals surface area (Å²) in [5, 5.41) is 0. The Morgan fingerprint density at radius 1 is 1.17 bits per heavy atom.